The van der Waals surface area contributed by atoms with Gasteiger partial charge in [-0.05, 0) is 19.3 Å². The zero-order valence-electron chi connectivity index (χ0n) is 15.5. The summed E-state index contributed by atoms with van der Waals surface area (Å²) in [5.74, 6) is -1.83. The summed E-state index contributed by atoms with van der Waals surface area (Å²) in [6.45, 7) is 1.34. The van der Waals surface area contributed by atoms with Crippen molar-refractivity contribution in [3.05, 3.63) is 17.6 Å². The molecule has 1 aliphatic carbocycles. The molecule has 0 saturated heterocycles. The van der Waals surface area contributed by atoms with E-state index in [9.17, 15) is 22.4 Å². The van der Waals surface area contributed by atoms with Crippen LogP contribution < -0.4 is 4.90 Å². The molecule has 156 valence electrons. The topological polar surface area (TPSA) is 86.6 Å². The van der Waals surface area contributed by atoms with Crippen molar-refractivity contribution in [2.75, 3.05) is 32.1 Å². The lowest BCUT2D eigenvalue weighted by molar-refractivity contribution is -0.192. The Morgan fingerprint density at radius 3 is 2.25 bits per heavy atom. The number of fused-ring (bicyclic) bond motifs is 1. The SMILES string of the molecule is CN(C)c1ncnc2c1CCN(C(=O)C1CC(F)C1)CC2.O=C(O)C(F)(F)F. The van der Waals surface area contributed by atoms with Crippen molar-refractivity contribution in [3.8, 4) is 0 Å². The predicted molar refractivity (Wildman–Crippen MR) is 91.7 cm³/mol. The van der Waals surface area contributed by atoms with E-state index in [4.69, 9.17) is 9.90 Å². The minimum absolute atomic E-state index is 0.107. The van der Waals surface area contributed by atoms with Gasteiger partial charge in [0.1, 0.15) is 18.3 Å². The van der Waals surface area contributed by atoms with Gasteiger partial charge in [0.2, 0.25) is 5.91 Å². The van der Waals surface area contributed by atoms with Crippen molar-refractivity contribution >= 4 is 17.7 Å². The van der Waals surface area contributed by atoms with Crippen molar-refractivity contribution in [3.63, 3.8) is 0 Å². The van der Waals surface area contributed by atoms with Gasteiger partial charge in [0.05, 0.1) is 5.69 Å². The van der Waals surface area contributed by atoms with Gasteiger partial charge >= 0.3 is 12.1 Å². The van der Waals surface area contributed by atoms with Crippen LogP contribution in [0.5, 0.6) is 0 Å². The Morgan fingerprint density at radius 2 is 1.75 bits per heavy atom. The Hall–Kier alpha value is -2.46. The number of anilines is 1. The molecular formula is C17H22F4N4O3. The van der Waals surface area contributed by atoms with E-state index >= 15 is 0 Å². The van der Waals surface area contributed by atoms with E-state index < -0.39 is 18.3 Å². The van der Waals surface area contributed by atoms with Gasteiger partial charge in [0, 0.05) is 45.1 Å². The summed E-state index contributed by atoms with van der Waals surface area (Å²) in [6.07, 6.45) is -1.98. The Morgan fingerprint density at radius 1 is 1.18 bits per heavy atom. The number of carbonyl (C=O) groups excluding carboxylic acids is 1. The van der Waals surface area contributed by atoms with Gasteiger partial charge in [0.25, 0.3) is 0 Å². The van der Waals surface area contributed by atoms with Crippen LogP contribution in [0.25, 0.3) is 0 Å². The second-order valence-corrected chi connectivity index (χ2v) is 6.91. The van der Waals surface area contributed by atoms with E-state index in [0.29, 0.717) is 25.9 Å². The van der Waals surface area contributed by atoms with Crippen LogP contribution in [0, 0.1) is 5.92 Å². The van der Waals surface area contributed by atoms with Crippen LogP contribution in [0.2, 0.25) is 0 Å². The first-order valence-corrected chi connectivity index (χ1v) is 8.73. The molecule has 1 N–H and O–H groups in total. The molecule has 1 aromatic heterocycles. The smallest absolute Gasteiger partial charge is 0.475 e. The van der Waals surface area contributed by atoms with E-state index in [1.54, 1.807) is 6.33 Å². The normalized spacial score (nSPS) is 21.4. The summed E-state index contributed by atoms with van der Waals surface area (Å²) in [4.78, 5) is 33.8. The van der Waals surface area contributed by atoms with Crippen LogP contribution in [0.1, 0.15) is 24.1 Å². The van der Waals surface area contributed by atoms with E-state index in [2.05, 4.69) is 9.97 Å². The maximum Gasteiger partial charge on any atom is 0.490 e. The van der Waals surface area contributed by atoms with Gasteiger partial charge < -0.3 is 14.9 Å². The number of rotatable bonds is 2. The molecule has 11 heteroatoms. The lowest BCUT2D eigenvalue weighted by Gasteiger charge is -2.33. The maximum absolute atomic E-state index is 12.9. The van der Waals surface area contributed by atoms with Crippen LogP contribution in [-0.4, -0.2) is 71.4 Å². The molecule has 1 saturated carbocycles. The van der Waals surface area contributed by atoms with Gasteiger partial charge in [-0.15, -0.1) is 0 Å². The summed E-state index contributed by atoms with van der Waals surface area (Å²) in [5, 5.41) is 7.12. The third-order valence-electron chi connectivity index (χ3n) is 4.67. The number of carbonyl (C=O) groups is 2. The van der Waals surface area contributed by atoms with Gasteiger partial charge in [-0.2, -0.15) is 13.2 Å². The Kier molecular flexibility index (Phi) is 6.78. The van der Waals surface area contributed by atoms with Crippen molar-refractivity contribution in [2.45, 2.75) is 38.0 Å². The quantitative estimate of drug-likeness (QED) is 0.755. The third kappa shape index (κ3) is 5.29. The average Bonchev–Trinajstić information content (AvgIpc) is 2.80. The average molecular weight is 406 g/mol. The molecule has 3 rings (SSSR count). The lowest BCUT2D eigenvalue weighted by Crippen LogP contribution is -2.43. The standard InChI is InChI=1S/C15H21FN4O.C2HF3O2/c1-19(2)14-12-3-5-20(6-4-13(12)17-9-18-14)15(21)10-7-11(16)8-10;3-2(4,5)1(6)7/h9-11H,3-8H2,1-2H3;(H,6,7). The number of alkyl halides is 4. The maximum atomic E-state index is 12.9. The molecule has 0 spiro atoms. The van der Waals surface area contributed by atoms with E-state index in [-0.39, 0.29) is 11.8 Å². The molecule has 1 aliphatic heterocycles. The number of carboxylic acids is 1. The van der Waals surface area contributed by atoms with Gasteiger partial charge in [-0.25, -0.2) is 19.2 Å². The number of aromatic nitrogens is 2. The summed E-state index contributed by atoms with van der Waals surface area (Å²) in [6, 6.07) is 0. The molecular weight excluding hydrogens is 384 g/mol. The van der Waals surface area contributed by atoms with Gasteiger partial charge in [-0.1, -0.05) is 0 Å². The highest BCUT2D eigenvalue weighted by atomic mass is 19.4. The summed E-state index contributed by atoms with van der Waals surface area (Å²) >= 11 is 0. The Bertz CT molecular complexity index is 721. The largest absolute Gasteiger partial charge is 0.490 e. The number of hydrogen-bond acceptors (Lipinski definition) is 5. The molecule has 7 nitrogen and oxygen atoms in total. The van der Waals surface area contributed by atoms with E-state index in [0.717, 1.165) is 29.9 Å². The van der Waals surface area contributed by atoms with Crippen molar-refractivity contribution < 1.29 is 32.3 Å². The highest BCUT2D eigenvalue weighted by Gasteiger charge is 2.38. The van der Waals surface area contributed by atoms with Crippen molar-refractivity contribution in [2.24, 2.45) is 5.92 Å². The summed E-state index contributed by atoms with van der Waals surface area (Å²) in [7, 11) is 3.93. The molecule has 0 radical (unpaired) electrons. The molecule has 0 aromatic carbocycles. The Balaban J connectivity index is 0.000000345. The number of aliphatic carboxylic acids is 1. The highest BCUT2D eigenvalue weighted by Crippen LogP contribution is 2.32. The second kappa shape index (κ2) is 8.70. The van der Waals surface area contributed by atoms with E-state index in [1.807, 2.05) is 23.9 Å². The monoisotopic (exact) mass is 406 g/mol. The first kappa shape index (κ1) is 21.8. The minimum Gasteiger partial charge on any atom is -0.475 e. The number of carboxylic acid groups (broad SMARTS) is 1. The van der Waals surface area contributed by atoms with Crippen LogP contribution in [0.3, 0.4) is 0 Å². The van der Waals surface area contributed by atoms with Gasteiger partial charge in [-0.3, -0.25) is 4.79 Å². The predicted octanol–water partition coefficient (Wildman–Crippen LogP) is 1.85. The number of halogens is 4. The molecule has 1 fully saturated rings. The molecule has 0 unspecified atom stereocenters. The lowest BCUT2D eigenvalue weighted by atomic mass is 9.82. The molecule has 1 amide bonds. The minimum atomic E-state index is -5.08. The fourth-order valence-electron chi connectivity index (χ4n) is 3.12. The molecule has 1 aromatic rings. The fourth-order valence-corrected chi connectivity index (χ4v) is 3.12. The third-order valence-corrected chi connectivity index (χ3v) is 4.67. The Labute approximate surface area is 159 Å². The van der Waals surface area contributed by atoms with Crippen molar-refractivity contribution in [1.82, 2.24) is 14.9 Å². The number of hydrogen-bond donors (Lipinski definition) is 1. The first-order valence-electron chi connectivity index (χ1n) is 8.73. The van der Waals surface area contributed by atoms with Crippen LogP contribution in [-0.2, 0) is 22.4 Å². The van der Waals surface area contributed by atoms with Crippen molar-refractivity contribution in [1.29, 1.82) is 0 Å². The van der Waals surface area contributed by atoms with Gasteiger partial charge in [0.15, 0.2) is 0 Å². The molecule has 0 bridgehead atoms. The molecule has 2 heterocycles. The molecule has 0 atom stereocenters. The number of nitrogens with zero attached hydrogens (tertiary/aromatic N) is 4. The van der Waals surface area contributed by atoms with E-state index in [1.165, 1.54) is 0 Å². The zero-order chi connectivity index (χ0) is 21.1. The number of amides is 1. The summed E-state index contributed by atoms with van der Waals surface area (Å²) in [5.41, 5.74) is 2.16. The second-order valence-electron chi connectivity index (χ2n) is 6.91. The van der Waals surface area contributed by atoms with Crippen LogP contribution in [0.4, 0.5) is 23.4 Å². The van der Waals surface area contributed by atoms with Crippen LogP contribution >= 0.6 is 0 Å². The molecule has 28 heavy (non-hydrogen) atoms. The van der Waals surface area contributed by atoms with Crippen LogP contribution in [0.15, 0.2) is 6.33 Å². The zero-order valence-corrected chi connectivity index (χ0v) is 15.5. The highest BCUT2D eigenvalue weighted by molar-refractivity contribution is 5.80. The fraction of sp³-hybridized carbons (Fsp3) is 0.647. The molecule has 2 aliphatic rings. The summed E-state index contributed by atoms with van der Waals surface area (Å²) < 4.78 is 44.7. The first-order chi connectivity index (χ1) is 13.0.